The number of methoxy groups -OCH3 is 1. The van der Waals surface area contributed by atoms with Gasteiger partial charge in [0.15, 0.2) is 0 Å². The number of rotatable bonds is 9. The number of hydrogen-bond acceptors (Lipinski definition) is 6. The zero-order chi connectivity index (χ0) is 11.6. The maximum absolute atomic E-state index is 12.0. The predicted molar refractivity (Wildman–Crippen MR) is 59.3 cm³/mol. The molecule has 0 aliphatic rings. The summed E-state index contributed by atoms with van der Waals surface area (Å²) in [7, 11) is 1.66. The minimum Gasteiger partial charge on any atom is -0.383 e. The van der Waals surface area contributed by atoms with E-state index in [1.807, 2.05) is 0 Å². The third kappa shape index (κ3) is 4.86. The fourth-order valence-electron chi connectivity index (χ4n) is 1.05. The van der Waals surface area contributed by atoms with Crippen molar-refractivity contribution >= 4 is 11.8 Å². The highest BCUT2D eigenvalue weighted by atomic mass is 32.2. The first-order valence-corrected chi connectivity index (χ1v) is 6.01. The number of tetrazole rings is 1. The van der Waals surface area contributed by atoms with Crippen LogP contribution in [0.1, 0.15) is 0 Å². The lowest BCUT2D eigenvalue weighted by atomic mass is 10.6. The van der Waals surface area contributed by atoms with Crippen molar-refractivity contribution in [2.24, 2.45) is 0 Å². The van der Waals surface area contributed by atoms with Crippen LogP contribution in [0.5, 0.6) is 0 Å². The second-order valence-electron chi connectivity index (χ2n) is 2.96. The Balaban J connectivity index is 2.22. The molecule has 0 amide bonds. The van der Waals surface area contributed by atoms with E-state index >= 15 is 0 Å². The summed E-state index contributed by atoms with van der Waals surface area (Å²) in [4.78, 5) is 0. The Kier molecular flexibility index (Phi) is 7.02. The van der Waals surface area contributed by atoms with Gasteiger partial charge in [0.25, 0.3) is 0 Å². The maximum atomic E-state index is 12.0. The summed E-state index contributed by atoms with van der Waals surface area (Å²) in [6, 6.07) is 0. The number of thioether (sulfide) groups is 1. The molecule has 0 radical (unpaired) electrons. The lowest BCUT2D eigenvalue weighted by Crippen LogP contribution is -2.24. The smallest absolute Gasteiger partial charge is 0.209 e. The van der Waals surface area contributed by atoms with Crippen LogP contribution >= 0.6 is 11.8 Å². The lowest BCUT2D eigenvalue weighted by Gasteiger charge is -2.05. The Labute approximate surface area is 97.9 Å². The number of ether oxygens (including phenoxy) is 1. The fourth-order valence-corrected chi connectivity index (χ4v) is 1.69. The topological polar surface area (TPSA) is 64.9 Å². The van der Waals surface area contributed by atoms with Crippen molar-refractivity contribution < 1.29 is 9.13 Å². The Bertz CT molecular complexity index is 285. The average molecular weight is 249 g/mol. The first-order chi connectivity index (χ1) is 7.88. The zero-order valence-electron chi connectivity index (χ0n) is 9.23. The van der Waals surface area contributed by atoms with Crippen LogP contribution in [0.25, 0.3) is 0 Å². The second kappa shape index (κ2) is 8.43. The molecule has 92 valence electrons. The molecule has 0 spiro atoms. The summed E-state index contributed by atoms with van der Waals surface area (Å²) in [5, 5.41) is 15.0. The van der Waals surface area contributed by atoms with Crippen LogP contribution in [0.15, 0.2) is 5.16 Å². The average Bonchev–Trinajstić information content (AvgIpc) is 2.74. The molecule has 0 saturated carbocycles. The monoisotopic (exact) mass is 249 g/mol. The number of halogens is 1. The molecule has 1 rings (SSSR count). The Morgan fingerprint density at radius 1 is 1.50 bits per heavy atom. The van der Waals surface area contributed by atoms with Crippen LogP contribution in [-0.2, 0) is 11.3 Å². The minimum absolute atomic E-state index is 0.371. The third-order valence-electron chi connectivity index (χ3n) is 1.79. The van der Waals surface area contributed by atoms with Gasteiger partial charge in [-0.3, -0.25) is 4.39 Å². The molecule has 0 unspecified atom stereocenters. The van der Waals surface area contributed by atoms with Crippen LogP contribution in [0.2, 0.25) is 0 Å². The molecule has 1 heterocycles. The van der Waals surface area contributed by atoms with E-state index in [2.05, 4.69) is 20.8 Å². The van der Waals surface area contributed by atoms with Gasteiger partial charge in [0.1, 0.15) is 0 Å². The van der Waals surface area contributed by atoms with E-state index in [1.54, 1.807) is 11.8 Å². The SMILES string of the molecule is COCCNCCn1nnnc1SCCF. The van der Waals surface area contributed by atoms with Gasteiger partial charge in [-0.2, -0.15) is 0 Å². The summed E-state index contributed by atoms with van der Waals surface area (Å²) >= 11 is 1.32. The fraction of sp³-hybridized carbons (Fsp3) is 0.875. The molecule has 0 aliphatic heterocycles. The highest BCUT2D eigenvalue weighted by Gasteiger charge is 2.05. The van der Waals surface area contributed by atoms with Crippen molar-refractivity contribution in [2.45, 2.75) is 11.7 Å². The van der Waals surface area contributed by atoms with Crippen LogP contribution < -0.4 is 5.32 Å². The van der Waals surface area contributed by atoms with Gasteiger partial charge in [0.2, 0.25) is 5.16 Å². The standard InChI is InChI=1S/C8H16FN5OS/c1-15-6-4-10-3-5-14-8(11-12-13-14)16-7-2-9/h10H,2-7H2,1H3. The van der Waals surface area contributed by atoms with Gasteiger partial charge in [-0.1, -0.05) is 11.8 Å². The van der Waals surface area contributed by atoms with E-state index in [1.165, 1.54) is 11.8 Å². The molecule has 0 aromatic carbocycles. The first-order valence-electron chi connectivity index (χ1n) is 5.03. The number of nitrogens with zero attached hydrogens (tertiary/aromatic N) is 4. The van der Waals surface area contributed by atoms with E-state index in [0.717, 1.165) is 13.1 Å². The van der Waals surface area contributed by atoms with Gasteiger partial charge in [0.05, 0.1) is 19.8 Å². The Morgan fingerprint density at radius 2 is 2.38 bits per heavy atom. The van der Waals surface area contributed by atoms with Gasteiger partial charge in [-0.05, 0) is 10.4 Å². The number of aromatic nitrogens is 4. The van der Waals surface area contributed by atoms with E-state index in [-0.39, 0.29) is 6.67 Å². The number of hydrogen-bond donors (Lipinski definition) is 1. The summed E-state index contributed by atoms with van der Waals surface area (Å²) in [5.41, 5.74) is 0. The molecular weight excluding hydrogens is 233 g/mol. The lowest BCUT2D eigenvalue weighted by molar-refractivity contribution is 0.199. The van der Waals surface area contributed by atoms with Crippen LogP contribution in [0.3, 0.4) is 0 Å². The number of alkyl halides is 1. The largest absolute Gasteiger partial charge is 0.383 e. The van der Waals surface area contributed by atoms with Gasteiger partial charge < -0.3 is 10.1 Å². The van der Waals surface area contributed by atoms with Gasteiger partial charge in [-0.15, -0.1) is 5.10 Å². The summed E-state index contributed by atoms with van der Waals surface area (Å²) in [6.45, 7) is 2.54. The number of nitrogens with one attached hydrogen (secondary N) is 1. The normalized spacial score (nSPS) is 10.9. The quantitative estimate of drug-likeness (QED) is 0.490. The second-order valence-corrected chi connectivity index (χ2v) is 4.03. The van der Waals surface area contributed by atoms with Crippen molar-refractivity contribution in [1.29, 1.82) is 0 Å². The molecule has 6 nitrogen and oxygen atoms in total. The molecule has 1 N–H and O–H groups in total. The van der Waals surface area contributed by atoms with E-state index in [9.17, 15) is 4.39 Å². The predicted octanol–water partition coefficient (Wildman–Crippen LogP) is -0.0293. The summed E-state index contributed by atoms with van der Waals surface area (Å²) < 4.78 is 18.6. The first kappa shape index (κ1) is 13.3. The molecule has 1 aromatic heterocycles. The summed E-state index contributed by atoms with van der Waals surface area (Å²) in [6.07, 6.45) is 0. The molecule has 0 fully saturated rings. The molecule has 0 saturated heterocycles. The van der Waals surface area contributed by atoms with Crippen LogP contribution in [0, 0.1) is 0 Å². The zero-order valence-corrected chi connectivity index (χ0v) is 10.0. The molecule has 0 bridgehead atoms. The van der Waals surface area contributed by atoms with E-state index < -0.39 is 0 Å². The van der Waals surface area contributed by atoms with Crippen molar-refractivity contribution in [1.82, 2.24) is 25.5 Å². The van der Waals surface area contributed by atoms with Crippen molar-refractivity contribution in [3.05, 3.63) is 0 Å². The van der Waals surface area contributed by atoms with Gasteiger partial charge in [-0.25, -0.2) is 4.68 Å². The Hall–Kier alpha value is -0.730. The van der Waals surface area contributed by atoms with E-state index in [0.29, 0.717) is 24.1 Å². The van der Waals surface area contributed by atoms with Crippen LogP contribution in [0.4, 0.5) is 4.39 Å². The minimum atomic E-state index is -0.371. The molecule has 8 heteroatoms. The summed E-state index contributed by atoms with van der Waals surface area (Å²) in [5.74, 6) is 0.386. The molecule has 16 heavy (non-hydrogen) atoms. The van der Waals surface area contributed by atoms with Crippen molar-refractivity contribution in [3.8, 4) is 0 Å². The third-order valence-corrected chi connectivity index (χ3v) is 2.70. The molecule has 1 aromatic rings. The van der Waals surface area contributed by atoms with Crippen molar-refractivity contribution in [2.75, 3.05) is 39.2 Å². The van der Waals surface area contributed by atoms with Crippen molar-refractivity contribution in [3.63, 3.8) is 0 Å². The van der Waals surface area contributed by atoms with E-state index in [4.69, 9.17) is 4.74 Å². The molecule has 0 atom stereocenters. The van der Waals surface area contributed by atoms with Gasteiger partial charge >= 0.3 is 0 Å². The maximum Gasteiger partial charge on any atom is 0.209 e. The van der Waals surface area contributed by atoms with Crippen LogP contribution in [-0.4, -0.2) is 59.4 Å². The Morgan fingerprint density at radius 3 is 3.12 bits per heavy atom. The highest BCUT2D eigenvalue weighted by molar-refractivity contribution is 7.99. The molecule has 0 aliphatic carbocycles. The van der Waals surface area contributed by atoms with Gasteiger partial charge in [0, 0.05) is 26.0 Å². The highest BCUT2D eigenvalue weighted by Crippen LogP contribution is 2.12. The molecular formula is C8H16FN5OS.